The largest absolute Gasteiger partial charge is 0.588 e. The first kappa shape index (κ1) is 28.9. The number of nitrogens with one attached hydrogen (secondary N) is 1. The van der Waals surface area contributed by atoms with E-state index in [-0.39, 0.29) is 0 Å². The van der Waals surface area contributed by atoms with Crippen LogP contribution in [0, 0.1) is 31.1 Å². The summed E-state index contributed by atoms with van der Waals surface area (Å²) in [6, 6.07) is 16.3. The van der Waals surface area contributed by atoms with Crippen LogP contribution in [0.4, 0.5) is 5.95 Å². The van der Waals surface area contributed by atoms with Gasteiger partial charge in [0, 0.05) is 24.1 Å². The highest BCUT2D eigenvalue weighted by atomic mass is 32.2. The molecule has 1 fully saturated rings. The number of nitrogens with zero attached hydrogens (tertiary/aromatic N) is 3. The molecule has 1 N–H and O–H groups in total. The molecule has 1 saturated heterocycles. The summed E-state index contributed by atoms with van der Waals surface area (Å²) in [6.45, 7) is 15.1. The van der Waals surface area contributed by atoms with Crippen molar-refractivity contribution >= 4 is 17.3 Å². The molecule has 5 rings (SSSR count). The number of piperidine rings is 1. The summed E-state index contributed by atoms with van der Waals surface area (Å²) < 4.78 is 22.9. The standard InChI is InChI=1S/C33H44N4O2S/c1-23-9-6-10-24(2)31(23)29-20-30-35-32(34-29)36-40(38)28-12-7-11-25(19-28)13-14-26-15-18-37(21-27(26)22-39-30)17-8-16-33(3,4)5/h6-7,9-12,19-20,26-27H,8,13-18,21-22H2,1-5H3,(H,34,35,36)/t26?,27-,40?/m1/s1. The summed E-state index contributed by atoms with van der Waals surface area (Å²) in [4.78, 5) is 12.9. The lowest BCUT2D eigenvalue weighted by atomic mass is 9.81. The third-order valence-electron chi connectivity index (χ3n) is 8.36. The quantitative estimate of drug-likeness (QED) is 0.347. The van der Waals surface area contributed by atoms with Crippen molar-refractivity contribution in [2.45, 2.75) is 71.6 Å². The summed E-state index contributed by atoms with van der Waals surface area (Å²) >= 11 is -1.48. The molecular weight excluding hydrogens is 516 g/mol. The molecule has 4 bridgehead atoms. The van der Waals surface area contributed by atoms with E-state index in [0.717, 1.165) is 59.8 Å². The van der Waals surface area contributed by atoms with Crippen LogP contribution in [-0.2, 0) is 17.8 Å². The molecule has 0 amide bonds. The van der Waals surface area contributed by atoms with Crippen LogP contribution in [0.2, 0.25) is 0 Å². The van der Waals surface area contributed by atoms with Crippen LogP contribution in [0.15, 0.2) is 53.4 Å². The van der Waals surface area contributed by atoms with Crippen molar-refractivity contribution < 1.29 is 9.29 Å². The van der Waals surface area contributed by atoms with E-state index in [4.69, 9.17) is 9.72 Å². The smallest absolute Gasteiger partial charge is 0.269 e. The summed E-state index contributed by atoms with van der Waals surface area (Å²) in [7, 11) is 0. The van der Waals surface area contributed by atoms with Crippen molar-refractivity contribution in [3.8, 4) is 17.1 Å². The summed E-state index contributed by atoms with van der Waals surface area (Å²) in [6.07, 6.45) is 5.74. The second-order valence-corrected chi connectivity index (χ2v) is 14.0. The average Bonchev–Trinajstić information content (AvgIpc) is 2.90. The number of hydrogen-bond acceptors (Lipinski definition) is 6. The van der Waals surface area contributed by atoms with Gasteiger partial charge in [-0.15, -0.1) is 0 Å². The van der Waals surface area contributed by atoms with Crippen molar-refractivity contribution in [1.29, 1.82) is 0 Å². The van der Waals surface area contributed by atoms with Gasteiger partial charge in [-0.25, -0.2) is 4.98 Å². The zero-order valence-electron chi connectivity index (χ0n) is 24.7. The fraction of sp³-hybridized carbons (Fsp3) is 0.515. The highest BCUT2D eigenvalue weighted by molar-refractivity contribution is 7.92. The molecule has 0 radical (unpaired) electrons. The SMILES string of the molecule is Cc1cccc(C)c1-c1cc2nc(n1)N[S+]([O-])c1cccc(c1)CCC1CCN(CCCC(C)(C)C)C[C@@H]1CO2. The number of rotatable bonds is 4. The molecule has 2 unspecified atom stereocenters. The van der Waals surface area contributed by atoms with E-state index in [1.165, 1.54) is 24.8 Å². The lowest BCUT2D eigenvalue weighted by molar-refractivity contribution is 0.0724. The highest BCUT2D eigenvalue weighted by Crippen LogP contribution is 2.33. The zero-order chi connectivity index (χ0) is 28.3. The molecular formula is C33H44N4O2S. The molecule has 1 aromatic heterocycles. The molecule has 7 heteroatoms. The predicted molar refractivity (Wildman–Crippen MR) is 164 cm³/mol. The van der Waals surface area contributed by atoms with E-state index in [2.05, 4.69) is 79.6 Å². The number of ether oxygens (including phenoxy) is 1. The Hall–Kier alpha value is -2.61. The van der Waals surface area contributed by atoms with Gasteiger partial charge in [0.25, 0.3) is 5.95 Å². The van der Waals surface area contributed by atoms with Crippen molar-refractivity contribution in [3.05, 3.63) is 65.2 Å². The fourth-order valence-corrected chi connectivity index (χ4v) is 6.99. The first-order chi connectivity index (χ1) is 19.1. The van der Waals surface area contributed by atoms with Crippen molar-refractivity contribution in [2.24, 2.45) is 17.3 Å². The molecule has 2 aliphatic rings. The summed E-state index contributed by atoms with van der Waals surface area (Å²) in [5.41, 5.74) is 5.71. The first-order valence-corrected chi connectivity index (χ1v) is 15.9. The summed E-state index contributed by atoms with van der Waals surface area (Å²) in [5.74, 6) is 1.86. The van der Waals surface area contributed by atoms with Crippen LogP contribution < -0.4 is 9.46 Å². The second-order valence-electron chi connectivity index (χ2n) is 12.8. The Labute approximate surface area is 243 Å². The van der Waals surface area contributed by atoms with E-state index in [1.807, 2.05) is 18.2 Å². The Morgan fingerprint density at radius 2 is 1.80 bits per heavy atom. The number of likely N-dealkylation sites (tertiary alicyclic amines) is 1. The van der Waals surface area contributed by atoms with Crippen LogP contribution in [0.5, 0.6) is 5.88 Å². The molecule has 3 atom stereocenters. The molecule has 3 aromatic rings. The number of fused-ring (bicyclic) bond motifs is 5. The minimum absolute atomic E-state index is 0.319. The van der Waals surface area contributed by atoms with Gasteiger partial charge in [-0.1, -0.05) is 51.1 Å². The van der Waals surface area contributed by atoms with Crippen LogP contribution in [0.1, 0.15) is 63.1 Å². The van der Waals surface area contributed by atoms with E-state index < -0.39 is 11.4 Å². The van der Waals surface area contributed by atoms with Crippen LogP contribution >= 0.6 is 0 Å². The van der Waals surface area contributed by atoms with Gasteiger partial charge >= 0.3 is 0 Å². The van der Waals surface area contributed by atoms with Gasteiger partial charge < -0.3 is 14.2 Å². The number of hydrogen-bond donors (Lipinski definition) is 1. The molecule has 6 nitrogen and oxygen atoms in total. The van der Waals surface area contributed by atoms with Gasteiger partial charge in [0.05, 0.1) is 12.3 Å². The minimum Gasteiger partial charge on any atom is -0.588 e. The Kier molecular flexibility index (Phi) is 9.03. The summed E-state index contributed by atoms with van der Waals surface area (Å²) in [5, 5.41) is 0. The third-order valence-corrected chi connectivity index (χ3v) is 9.41. The molecule has 0 aliphatic carbocycles. The van der Waals surface area contributed by atoms with Gasteiger partial charge in [-0.2, -0.15) is 9.71 Å². The van der Waals surface area contributed by atoms with E-state index >= 15 is 0 Å². The van der Waals surface area contributed by atoms with Crippen molar-refractivity contribution in [1.82, 2.24) is 14.9 Å². The Bertz CT molecular complexity index is 1290. The van der Waals surface area contributed by atoms with Gasteiger partial charge in [0.2, 0.25) is 5.88 Å². The Morgan fingerprint density at radius 1 is 1.02 bits per heavy atom. The number of anilines is 1. The van der Waals surface area contributed by atoms with E-state index in [9.17, 15) is 4.55 Å². The number of aromatic nitrogens is 2. The molecule has 2 aromatic carbocycles. The van der Waals surface area contributed by atoms with Crippen LogP contribution in [-0.4, -0.2) is 45.7 Å². The highest BCUT2D eigenvalue weighted by Gasteiger charge is 2.30. The Morgan fingerprint density at radius 3 is 2.58 bits per heavy atom. The van der Waals surface area contributed by atoms with Gasteiger partial charge in [0.15, 0.2) is 4.90 Å². The van der Waals surface area contributed by atoms with Crippen LogP contribution in [0.3, 0.4) is 0 Å². The lowest BCUT2D eigenvalue weighted by Gasteiger charge is -2.39. The van der Waals surface area contributed by atoms with Gasteiger partial charge in [-0.05, 0) is 99.2 Å². The molecule has 2 aliphatic heterocycles. The number of benzene rings is 2. The van der Waals surface area contributed by atoms with Gasteiger partial charge in [0.1, 0.15) is 11.4 Å². The molecule has 214 valence electrons. The average molecular weight is 561 g/mol. The molecule has 0 spiro atoms. The maximum absolute atomic E-state index is 13.3. The maximum Gasteiger partial charge on any atom is 0.269 e. The van der Waals surface area contributed by atoms with Gasteiger partial charge in [-0.3, -0.25) is 0 Å². The lowest BCUT2D eigenvalue weighted by Crippen LogP contribution is -2.43. The second kappa shape index (κ2) is 12.5. The van der Waals surface area contributed by atoms with E-state index in [0.29, 0.717) is 35.7 Å². The molecule has 3 heterocycles. The topological polar surface area (TPSA) is 73.3 Å². The zero-order valence-corrected chi connectivity index (χ0v) is 25.5. The normalized spacial score (nSPS) is 22.0. The predicted octanol–water partition coefficient (Wildman–Crippen LogP) is 6.98. The third kappa shape index (κ3) is 7.36. The van der Waals surface area contributed by atoms with Crippen molar-refractivity contribution in [3.63, 3.8) is 0 Å². The van der Waals surface area contributed by atoms with Crippen LogP contribution in [0.25, 0.3) is 11.3 Å². The Balaban J connectivity index is 1.45. The number of aryl methyl sites for hydroxylation is 3. The maximum atomic E-state index is 13.3. The molecule has 0 saturated carbocycles. The monoisotopic (exact) mass is 560 g/mol. The molecule has 40 heavy (non-hydrogen) atoms. The minimum atomic E-state index is -1.48. The fourth-order valence-electron chi connectivity index (χ4n) is 6.15. The first-order valence-electron chi connectivity index (χ1n) is 14.7. The van der Waals surface area contributed by atoms with E-state index in [1.54, 1.807) is 0 Å². The van der Waals surface area contributed by atoms with Crippen molar-refractivity contribution in [2.75, 3.05) is 31.0 Å².